The molecule has 0 bridgehead atoms. The van der Waals surface area contributed by atoms with Gasteiger partial charge < -0.3 is 9.73 Å². The van der Waals surface area contributed by atoms with Crippen molar-refractivity contribution in [2.24, 2.45) is 0 Å². The molecular formula is C18H12ClF3N2O2. The third-order valence-electron chi connectivity index (χ3n) is 3.24. The molecule has 1 aromatic carbocycles. The van der Waals surface area contributed by atoms with Crippen molar-refractivity contribution in [1.29, 1.82) is 5.26 Å². The van der Waals surface area contributed by atoms with E-state index in [-0.39, 0.29) is 29.2 Å². The molecule has 2 aromatic rings. The van der Waals surface area contributed by atoms with E-state index in [0.29, 0.717) is 0 Å². The number of amides is 1. The summed E-state index contributed by atoms with van der Waals surface area (Å²) in [6.45, 7) is 3.63. The molecule has 0 aliphatic heterocycles. The van der Waals surface area contributed by atoms with Crippen molar-refractivity contribution in [3.05, 3.63) is 64.9 Å². The van der Waals surface area contributed by atoms with Crippen molar-refractivity contribution in [1.82, 2.24) is 5.32 Å². The van der Waals surface area contributed by atoms with Crippen LogP contribution in [-0.4, -0.2) is 12.5 Å². The lowest BCUT2D eigenvalue weighted by molar-refractivity contribution is -0.137. The first-order valence-corrected chi connectivity index (χ1v) is 7.62. The van der Waals surface area contributed by atoms with Crippen LogP contribution in [0.25, 0.3) is 17.4 Å². The second-order valence-corrected chi connectivity index (χ2v) is 5.47. The number of carbonyl (C=O) groups excluding carboxylic acids is 1. The van der Waals surface area contributed by atoms with Gasteiger partial charge in [0.05, 0.1) is 10.6 Å². The number of nitrogens with one attached hydrogen (secondary N) is 1. The van der Waals surface area contributed by atoms with Gasteiger partial charge >= 0.3 is 6.18 Å². The number of hydrogen-bond acceptors (Lipinski definition) is 3. The Morgan fingerprint density at radius 1 is 1.35 bits per heavy atom. The minimum atomic E-state index is -4.60. The average Bonchev–Trinajstić information content (AvgIpc) is 3.05. The SMILES string of the molecule is C=CCNC(=O)/C(C#N)=C/c1ccc(-c2ccc(Cl)c(C(F)(F)F)c2)o1. The number of benzene rings is 1. The molecule has 0 aliphatic carbocycles. The maximum atomic E-state index is 12.9. The molecule has 0 saturated heterocycles. The fourth-order valence-corrected chi connectivity index (χ4v) is 2.26. The van der Waals surface area contributed by atoms with E-state index in [1.165, 1.54) is 30.4 Å². The minimum Gasteiger partial charge on any atom is -0.457 e. The maximum Gasteiger partial charge on any atom is 0.417 e. The first kappa shape index (κ1) is 19.3. The molecule has 0 spiro atoms. The summed E-state index contributed by atoms with van der Waals surface area (Å²) in [5.41, 5.74) is -1.03. The van der Waals surface area contributed by atoms with Crippen LogP contribution < -0.4 is 5.32 Å². The molecule has 2 rings (SSSR count). The molecule has 0 unspecified atom stereocenters. The number of rotatable bonds is 5. The van der Waals surface area contributed by atoms with Crippen LogP contribution in [0.5, 0.6) is 0 Å². The van der Waals surface area contributed by atoms with E-state index >= 15 is 0 Å². The molecule has 0 fully saturated rings. The molecule has 0 atom stereocenters. The van der Waals surface area contributed by atoms with Crippen LogP contribution >= 0.6 is 11.6 Å². The molecule has 1 N–H and O–H groups in total. The normalized spacial score (nSPS) is 11.7. The molecule has 1 aromatic heterocycles. The van der Waals surface area contributed by atoms with Crippen molar-refractivity contribution in [2.45, 2.75) is 6.18 Å². The predicted molar refractivity (Wildman–Crippen MR) is 91.0 cm³/mol. The van der Waals surface area contributed by atoms with Crippen molar-refractivity contribution in [3.63, 3.8) is 0 Å². The number of halogens is 4. The lowest BCUT2D eigenvalue weighted by Gasteiger charge is -2.09. The minimum absolute atomic E-state index is 0.141. The van der Waals surface area contributed by atoms with Crippen LogP contribution in [0.4, 0.5) is 13.2 Å². The van der Waals surface area contributed by atoms with Crippen molar-refractivity contribution >= 4 is 23.6 Å². The van der Waals surface area contributed by atoms with Crippen LogP contribution in [0.3, 0.4) is 0 Å². The Morgan fingerprint density at radius 3 is 2.69 bits per heavy atom. The second-order valence-electron chi connectivity index (χ2n) is 5.06. The van der Waals surface area contributed by atoms with Gasteiger partial charge in [0.15, 0.2) is 0 Å². The molecule has 4 nitrogen and oxygen atoms in total. The van der Waals surface area contributed by atoms with Gasteiger partial charge in [0.2, 0.25) is 0 Å². The Kier molecular flexibility index (Phi) is 5.90. The predicted octanol–water partition coefficient (Wildman–Crippen LogP) is 4.83. The zero-order valence-electron chi connectivity index (χ0n) is 13.2. The van der Waals surface area contributed by atoms with Gasteiger partial charge in [0.25, 0.3) is 5.91 Å². The Bertz CT molecular complexity index is 908. The Labute approximate surface area is 152 Å². The maximum absolute atomic E-state index is 12.9. The molecule has 134 valence electrons. The number of hydrogen-bond donors (Lipinski definition) is 1. The van der Waals surface area contributed by atoms with E-state index in [1.807, 2.05) is 0 Å². The van der Waals surface area contributed by atoms with E-state index < -0.39 is 22.7 Å². The highest BCUT2D eigenvalue weighted by Crippen LogP contribution is 2.37. The molecular weight excluding hydrogens is 369 g/mol. The van der Waals surface area contributed by atoms with Crippen LogP contribution in [0.1, 0.15) is 11.3 Å². The van der Waals surface area contributed by atoms with Gasteiger partial charge in [-0.3, -0.25) is 4.79 Å². The van der Waals surface area contributed by atoms with Crippen LogP contribution in [0.15, 0.2) is 53.0 Å². The Hall–Kier alpha value is -2.98. The summed E-state index contributed by atoms with van der Waals surface area (Å²) in [6, 6.07) is 7.99. The van der Waals surface area contributed by atoms with Gasteiger partial charge in [-0.15, -0.1) is 6.58 Å². The number of alkyl halides is 3. The summed E-state index contributed by atoms with van der Waals surface area (Å²) >= 11 is 5.59. The number of furan rings is 1. The largest absolute Gasteiger partial charge is 0.457 e. The summed E-state index contributed by atoms with van der Waals surface area (Å²) in [5.74, 6) is -0.327. The molecule has 26 heavy (non-hydrogen) atoms. The summed E-state index contributed by atoms with van der Waals surface area (Å²) in [7, 11) is 0. The molecule has 1 amide bonds. The highest BCUT2D eigenvalue weighted by Gasteiger charge is 2.33. The first-order valence-electron chi connectivity index (χ1n) is 7.24. The quantitative estimate of drug-likeness (QED) is 0.459. The number of nitriles is 1. The van der Waals surface area contributed by atoms with Gasteiger partial charge in [-0.25, -0.2) is 0 Å². The van der Waals surface area contributed by atoms with E-state index in [4.69, 9.17) is 21.3 Å². The van der Waals surface area contributed by atoms with E-state index in [2.05, 4.69) is 11.9 Å². The van der Waals surface area contributed by atoms with E-state index in [0.717, 1.165) is 12.1 Å². The highest BCUT2D eigenvalue weighted by molar-refractivity contribution is 6.31. The third kappa shape index (κ3) is 4.55. The highest BCUT2D eigenvalue weighted by atomic mass is 35.5. The van der Waals surface area contributed by atoms with Gasteiger partial charge in [0, 0.05) is 18.2 Å². The number of carbonyl (C=O) groups is 1. The lowest BCUT2D eigenvalue weighted by Crippen LogP contribution is -2.24. The summed E-state index contributed by atoms with van der Waals surface area (Å²) in [5, 5.41) is 11.1. The zero-order chi connectivity index (χ0) is 19.3. The summed E-state index contributed by atoms with van der Waals surface area (Å²) in [6.07, 6.45) is -1.95. The summed E-state index contributed by atoms with van der Waals surface area (Å²) < 4.78 is 44.3. The average molecular weight is 381 g/mol. The standard InChI is InChI=1S/C18H12ClF3N2O2/c1-2-7-24-17(25)12(10-23)8-13-4-6-16(26-13)11-3-5-15(19)14(9-11)18(20,21)22/h2-6,8-9H,1,7H2,(H,24,25)/b12-8+. The fourth-order valence-electron chi connectivity index (χ4n) is 2.03. The Morgan fingerprint density at radius 2 is 2.08 bits per heavy atom. The summed E-state index contributed by atoms with van der Waals surface area (Å²) in [4.78, 5) is 11.8. The van der Waals surface area contributed by atoms with Crippen LogP contribution in [0.2, 0.25) is 5.02 Å². The van der Waals surface area contributed by atoms with Crippen LogP contribution in [-0.2, 0) is 11.0 Å². The van der Waals surface area contributed by atoms with Crippen molar-refractivity contribution in [3.8, 4) is 17.4 Å². The van der Waals surface area contributed by atoms with Crippen molar-refractivity contribution in [2.75, 3.05) is 6.54 Å². The topological polar surface area (TPSA) is 66.0 Å². The molecule has 1 heterocycles. The Balaban J connectivity index is 2.33. The molecule has 0 radical (unpaired) electrons. The number of nitrogens with zero attached hydrogens (tertiary/aromatic N) is 1. The first-order chi connectivity index (χ1) is 12.3. The van der Waals surface area contributed by atoms with Gasteiger partial charge in [-0.2, -0.15) is 18.4 Å². The van der Waals surface area contributed by atoms with Crippen molar-refractivity contribution < 1.29 is 22.4 Å². The van der Waals surface area contributed by atoms with Gasteiger partial charge in [0.1, 0.15) is 23.2 Å². The molecule has 0 saturated carbocycles. The van der Waals surface area contributed by atoms with Crippen LogP contribution in [0, 0.1) is 11.3 Å². The van der Waals surface area contributed by atoms with Gasteiger partial charge in [-0.1, -0.05) is 17.7 Å². The smallest absolute Gasteiger partial charge is 0.417 e. The molecule has 8 heteroatoms. The second kappa shape index (κ2) is 7.93. The molecule has 0 aliphatic rings. The lowest BCUT2D eigenvalue weighted by atomic mass is 10.1. The van der Waals surface area contributed by atoms with E-state index in [1.54, 1.807) is 6.07 Å². The van der Waals surface area contributed by atoms with Gasteiger partial charge in [-0.05, 0) is 30.3 Å². The monoisotopic (exact) mass is 380 g/mol. The van der Waals surface area contributed by atoms with E-state index in [9.17, 15) is 18.0 Å². The fraction of sp³-hybridized carbons (Fsp3) is 0.111. The zero-order valence-corrected chi connectivity index (χ0v) is 14.0. The third-order valence-corrected chi connectivity index (χ3v) is 3.57.